The van der Waals surface area contributed by atoms with Gasteiger partial charge in [-0.05, 0) is 43.7 Å². The lowest BCUT2D eigenvalue weighted by Gasteiger charge is -2.23. The van der Waals surface area contributed by atoms with Gasteiger partial charge in [0, 0.05) is 24.7 Å². The Bertz CT molecular complexity index is 455. The highest BCUT2D eigenvalue weighted by Crippen LogP contribution is 2.33. The van der Waals surface area contributed by atoms with Crippen LogP contribution in [0.3, 0.4) is 0 Å². The summed E-state index contributed by atoms with van der Waals surface area (Å²) in [5.41, 5.74) is 2.55. The number of aliphatic hydroxyl groups excluding tert-OH is 1. The van der Waals surface area contributed by atoms with E-state index in [4.69, 9.17) is 0 Å². The Balaban J connectivity index is 1.61. The normalized spacial score (nSPS) is 28.0. The van der Waals surface area contributed by atoms with Gasteiger partial charge in [0.05, 0.1) is 12.6 Å². The van der Waals surface area contributed by atoms with E-state index in [0.29, 0.717) is 12.1 Å². The molecule has 1 aromatic carbocycles. The summed E-state index contributed by atoms with van der Waals surface area (Å²) >= 11 is 0. The minimum atomic E-state index is 0.0623. The Kier molecular flexibility index (Phi) is 4.63. The van der Waals surface area contributed by atoms with Crippen LogP contribution in [0.5, 0.6) is 0 Å². The van der Waals surface area contributed by atoms with Crippen molar-refractivity contribution in [3.63, 3.8) is 0 Å². The van der Waals surface area contributed by atoms with Crippen molar-refractivity contribution in [2.75, 3.05) is 13.2 Å². The Hall–Kier alpha value is -0.900. The first-order valence-electron chi connectivity index (χ1n) is 8.42. The van der Waals surface area contributed by atoms with Gasteiger partial charge < -0.3 is 10.4 Å². The summed E-state index contributed by atoms with van der Waals surface area (Å²) in [6.45, 7) is 5.81. The molecule has 2 aliphatic rings. The number of benzene rings is 1. The van der Waals surface area contributed by atoms with Crippen molar-refractivity contribution in [3.05, 3.63) is 35.4 Å². The number of likely N-dealkylation sites (tertiary alicyclic amines) is 1. The van der Waals surface area contributed by atoms with Crippen LogP contribution in [0.4, 0.5) is 0 Å². The van der Waals surface area contributed by atoms with Crippen molar-refractivity contribution >= 4 is 0 Å². The van der Waals surface area contributed by atoms with Gasteiger partial charge >= 0.3 is 0 Å². The zero-order valence-electron chi connectivity index (χ0n) is 13.3. The first-order chi connectivity index (χ1) is 10.2. The van der Waals surface area contributed by atoms with E-state index in [9.17, 15) is 5.11 Å². The number of aryl methyl sites for hydroxylation is 1. The van der Waals surface area contributed by atoms with Gasteiger partial charge in [0.15, 0.2) is 0 Å². The third kappa shape index (κ3) is 3.47. The molecule has 0 spiro atoms. The second-order valence-corrected chi connectivity index (χ2v) is 6.71. The number of nitrogens with one attached hydrogen (secondary N) is 1. The van der Waals surface area contributed by atoms with Crippen molar-refractivity contribution < 1.29 is 5.11 Å². The van der Waals surface area contributed by atoms with Gasteiger partial charge in [-0.3, -0.25) is 4.90 Å². The molecule has 116 valence electrons. The monoisotopic (exact) mass is 288 g/mol. The van der Waals surface area contributed by atoms with Crippen LogP contribution in [0.25, 0.3) is 0 Å². The third-order valence-electron chi connectivity index (χ3n) is 5.05. The predicted molar refractivity (Wildman–Crippen MR) is 86.4 cm³/mol. The Morgan fingerprint density at radius 3 is 2.57 bits per heavy atom. The van der Waals surface area contributed by atoms with E-state index in [-0.39, 0.29) is 12.6 Å². The maximum Gasteiger partial charge on any atom is 0.0626 e. The summed E-state index contributed by atoms with van der Waals surface area (Å²) < 4.78 is 0. The second-order valence-electron chi connectivity index (χ2n) is 6.71. The molecule has 1 aromatic rings. The minimum Gasteiger partial charge on any atom is -0.394 e. The summed E-state index contributed by atoms with van der Waals surface area (Å²) in [4.78, 5) is 2.65. The second kappa shape index (κ2) is 6.47. The van der Waals surface area contributed by atoms with Crippen molar-refractivity contribution in [3.8, 4) is 0 Å². The lowest BCUT2D eigenvalue weighted by atomic mass is 10.0. The highest BCUT2D eigenvalue weighted by molar-refractivity contribution is 5.25. The maximum absolute atomic E-state index is 9.74. The van der Waals surface area contributed by atoms with Crippen LogP contribution in [0, 0.1) is 0 Å². The van der Waals surface area contributed by atoms with Gasteiger partial charge in [-0.1, -0.05) is 31.2 Å². The van der Waals surface area contributed by atoms with E-state index in [2.05, 4.69) is 48.3 Å². The largest absolute Gasteiger partial charge is 0.394 e. The van der Waals surface area contributed by atoms with Crippen molar-refractivity contribution in [1.29, 1.82) is 0 Å². The van der Waals surface area contributed by atoms with E-state index in [0.717, 1.165) is 19.0 Å². The van der Waals surface area contributed by atoms with E-state index in [1.807, 2.05) is 0 Å². The number of nitrogens with zero attached hydrogens (tertiary/aromatic N) is 1. The van der Waals surface area contributed by atoms with Crippen molar-refractivity contribution in [2.45, 2.75) is 63.7 Å². The van der Waals surface area contributed by atoms with Crippen LogP contribution in [-0.2, 0) is 6.42 Å². The first-order valence-corrected chi connectivity index (χ1v) is 8.42. The topological polar surface area (TPSA) is 35.5 Å². The number of aliphatic hydroxyl groups is 1. The molecule has 3 unspecified atom stereocenters. The molecular formula is C18H28N2O. The average Bonchev–Trinajstić information content (AvgIpc) is 3.29. The van der Waals surface area contributed by atoms with Crippen LogP contribution in [0.15, 0.2) is 24.3 Å². The molecule has 0 amide bonds. The molecule has 0 aromatic heterocycles. The lowest BCUT2D eigenvalue weighted by molar-refractivity contribution is 0.227. The van der Waals surface area contributed by atoms with Gasteiger partial charge in [0.1, 0.15) is 0 Å². The molecular weight excluding hydrogens is 260 g/mol. The van der Waals surface area contributed by atoms with Gasteiger partial charge in [0.2, 0.25) is 0 Å². The van der Waals surface area contributed by atoms with E-state index in [1.165, 1.54) is 30.4 Å². The lowest BCUT2D eigenvalue weighted by Crippen LogP contribution is -2.37. The number of rotatable bonds is 6. The van der Waals surface area contributed by atoms with E-state index < -0.39 is 0 Å². The molecule has 1 aliphatic carbocycles. The third-order valence-corrected chi connectivity index (χ3v) is 5.05. The van der Waals surface area contributed by atoms with Crippen molar-refractivity contribution in [2.24, 2.45) is 0 Å². The van der Waals surface area contributed by atoms with Crippen molar-refractivity contribution in [1.82, 2.24) is 10.2 Å². The highest BCUT2D eigenvalue weighted by Gasteiger charge is 2.39. The Morgan fingerprint density at radius 2 is 2.00 bits per heavy atom. The first kappa shape index (κ1) is 15.0. The van der Waals surface area contributed by atoms with Crippen LogP contribution in [0.1, 0.15) is 50.3 Å². The molecule has 3 nitrogen and oxygen atoms in total. The number of hydrogen-bond acceptors (Lipinski definition) is 3. The summed E-state index contributed by atoms with van der Waals surface area (Å²) in [7, 11) is 0. The van der Waals surface area contributed by atoms with Gasteiger partial charge in [-0.25, -0.2) is 0 Å². The molecule has 0 bridgehead atoms. The summed E-state index contributed by atoms with van der Waals surface area (Å²) in [6.07, 6.45) is 5.01. The summed E-state index contributed by atoms with van der Waals surface area (Å²) in [6, 6.07) is 10.7. The molecule has 3 heteroatoms. The molecule has 1 saturated heterocycles. The van der Waals surface area contributed by atoms with Gasteiger partial charge in [-0.2, -0.15) is 0 Å². The molecule has 1 aliphatic heterocycles. The van der Waals surface area contributed by atoms with Crippen LogP contribution in [-0.4, -0.2) is 41.3 Å². The maximum atomic E-state index is 9.74. The Labute approximate surface area is 128 Å². The summed E-state index contributed by atoms with van der Waals surface area (Å²) in [5, 5.41) is 13.4. The number of hydrogen-bond donors (Lipinski definition) is 2. The zero-order valence-corrected chi connectivity index (χ0v) is 13.3. The molecule has 2 fully saturated rings. The fraction of sp³-hybridized carbons (Fsp3) is 0.667. The van der Waals surface area contributed by atoms with E-state index in [1.54, 1.807) is 0 Å². The fourth-order valence-electron chi connectivity index (χ4n) is 3.62. The SMILES string of the molecule is CCc1ccc(C(CO)NC2CC(C)N(C3CC3)C2)cc1. The molecule has 0 radical (unpaired) electrons. The average molecular weight is 288 g/mol. The standard InChI is InChI=1S/C18H28N2O/c1-3-14-4-6-15(7-5-14)18(12-21)19-16-10-13(2)20(11-16)17-8-9-17/h4-7,13,16-19,21H,3,8-12H2,1-2H3. The van der Waals surface area contributed by atoms with Gasteiger partial charge in [-0.15, -0.1) is 0 Å². The zero-order chi connectivity index (χ0) is 14.8. The van der Waals surface area contributed by atoms with Crippen LogP contribution in [0.2, 0.25) is 0 Å². The molecule has 21 heavy (non-hydrogen) atoms. The molecule has 3 atom stereocenters. The summed E-state index contributed by atoms with van der Waals surface area (Å²) in [5.74, 6) is 0. The van der Waals surface area contributed by atoms with Crippen LogP contribution < -0.4 is 5.32 Å². The molecule has 3 rings (SSSR count). The molecule has 1 saturated carbocycles. The smallest absolute Gasteiger partial charge is 0.0626 e. The van der Waals surface area contributed by atoms with Crippen LogP contribution >= 0.6 is 0 Å². The Morgan fingerprint density at radius 1 is 1.29 bits per heavy atom. The molecule has 2 N–H and O–H groups in total. The highest BCUT2D eigenvalue weighted by atomic mass is 16.3. The van der Waals surface area contributed by atoms with Gasteiger partial charge in [0.25, 0.3) is 0 Å². The minimum absolute atomic E-state index is 0.0623. The quantitative estimate of drug-likeness (QED) is 0.844. The van der Waals surface area contributed by atoms with E-state index >= 15 is 0 Å². The fourth-order valence-corrected chi connectivity index (χ4v) is 3.62. The molecule has 1 heterocycles. The predicted octanol–water partition coefficient (Wildman–Crippen LogP) is 2.50.